The number of thiazole rings is 1. The third-order valence-electron chi connectivity index (χ3n) is 4.93. The van der Waals surface area contributed by atoms with Crippen LogP contribution in [0.4, 0.5) is 0 Å². The van der Waals surface area contributed by atoms with Crippen LogP contribution < -0.4 is 10.1 Å². The summed E-state index contributed by atoms with van der Waals surface area (Å²) in [6.07, 6.45) is 8.69. The number of rotatable bonds is 8. The highest BCUT2D eigenvalue weighted by Crippen LogP contribution is 2.21. The standard InChI is InChI=1S/C25H24N4O2S/c1-18(20-7-10-23(11-8-20)29-14-13-26-17-29)27-25(30)12-9-21-5-3-4-6-24(21)31-15-22-16-32-19(2)28-22/h3-14,16-18H,15H2,1-2H3,(H,27,30)/b12-9+. The lowest BCUT2D eigenvalue weighted by Crippen LogP contribution is -2.24. The molecule has 1 unspecified atom stereocenters. The van der Waals surface area contributed by atoms with Crippen molar-refractivity contribution in [3.63, 3.8) is 0 Å². The molecule has 0 saturated heterocycles. The first kappa shape index (κ1) is 21.5. The summed E-state index contributed by atoms with van der Waals surface area (Å²) in [5, 5.41) is 6.01. The highest BCUT2D eigenvalue weighted by molar-refractivity contribution is 7.09. The second-order valence-corrected chi connectivity index (χ2v) is 8.37. The SMILES string of the molecule is Cc1nc(COc2ccccc2/C=C/C(=O)NC(C)c2ccc(-n3ccnc3)cc2)cs1. The van der Waals surface area contributed by atoms with Crippen molar-refractivity contribution < 1.29 is 9.53 Å². The fourth-order valence-electron chi connectivity index (χ4n) is 3.23. The summed E-state index contributed by atoms with van der Waals surface area (Å²) in [5.41, 5.74) is 3.79. The zero-order valence-corrected chi connectivity index (χ0v) is 18.8. The van der Waals surface area contributed by atoms with Crippen molar-refractivity contribution in [2.75, 3.05) is 0 Å². The van der Waals surface area contributed by atoms with Gasteiger partial charge in [-0.05, 0) is 43.7 Å². The molecular formula is C25H24N4O2S. The van der Waals surface area contributed by atoms with E-state index < -0.39 is 0 Å². The second-order valence-electron chi connectivity index (χ2n) is 7.31. The van der Waals surface area contributed by atoms with Crippen LogP contribution in [-0.4, -0.2) is 20.4 Å². The molecule has 2 aromatic heterocycles. The number of para-hydroxylation sites is 1. The summed E-state index contributed by atoms with van der Waals surface area (Å²) in [7, 11) is 0. The van der Waals surface area contributed by atoms with E-state index in [1.165, 1.54) is 6.08 Å². The number of imidazole rings is 1. The van der Waals surface area contributed by atoms with Crippen molar-refractivity contribution in [3.05, 3.63) is 101 Å². The predicted octanol–water partition coefficient (Wildman–Crippen LogP) is 5.11. The molecule has 0 radical (unpaired) electrons. The van der Waals surface area contributed by atoms with Crippen molar-refractivity contribution in [2.24, 2.45) is 0 Å². The van der Waals surface area contributed by atoms with E-state index in [2.05, 4.69) is 15.3 Å². The summed E-state index contributed by atoms with van der Waals surface area (Å²) < 4.78 is 7.85. The highest BCUT2D eigenvalue weighted by Gasteiger charge is 2.09. The molecule has 162 valence electrons. The largest absolute Gasteiger partial charge is 0.487 e. The van der Waals surface area contributed by atoms with Crippen molar-refractivity contribution in [1.82, 2.24) is 19.9 Å². The molecule has 1 amide bonds. The Bertz CT molecular complexity index is 1200. The lowest BCUT2D eigenvalue weighted by atomic mass is 10.1. The van der Waals surface area contributed by atoms with Gasteiger partial charge in [-0.15, -0.1) is 11.3 Å². The molecule has 0 saturated carbocycles. The van der Waals surface area contributed by atoms with Crippen molar-refractivity contribution >= 4 is 23.3 Å². The minimum absolute atomic E-state index is 0.122. The maximum Gasteiger partial charge on any atom is 0.244 e. The third-order valence-corrected chi connectivity index (χ3v) is 5.75. The molecule has 4 aromatic rings. The van der Waals surface area contributed by atoms with Crippen molar-refractivity contribution in [2.45, 2.75) is 26.5 Å². The third kappa shape index (κ3) is 5.50. The Balaban J connectivity index is 1.36. The van der Waals surface area contributed by atoms with Gasteiger partial charge < -0.3 is 14.6 Å². The molecule has 0 aliphatic carbocycles. The van der Waals surface area contributed by atoms with Crippen LogP contribution in [0.25, 0.3) is 11.8 Å². The Kier molecular flexibility index (Phi) is 6.77. The van der Waals surface area contributed by atoms with E-state index in [4.69, 9.17) is 4.74 Å². The van der Waals surface area contributed by atoms with Gasteiger partial charge >= 0.3 is 0 Å². The van der Waals surface area contributed by atoms with Gasteiger partial charge in [0.2, 0.25) is 5.91 Å². The Morgan fingerprint density at radius 1 is 1.22 bits per heavy atom. The number of carbonyl (C=O) groups is 1. The number of amides is 1. The molecule has 2 heterocycles. The first-order valence-corrected chi connectivity index (χ1v) is 11.2. The van der Waals surface area contributed by atoms with E-state index in [1.807, 2.05) is 78.5 Å². The fourth-order valence-corrected chi connectivity index (χ4v) is 3.83. The van der Waals surface area contributed by atoms with Gasteiger partial charge in [0, 0.05) is 35.1 Å². The van der Waals surface area contributed by atoms with Crippen LogP contribution in [-0.2, 0) is 11.4 Å². The van der Waals surface area contributed by atoms with Crippen LogP contribution in [0.3, 0.4) is 0 Å². The van der Waals surface area contributed by atoms with Crippen LogP contribution in [0.1, 0.15) is 34.8 Å². The number of nitrogens with one attached hydrogen (secondary N) is 1. The summed E-state index contributed by atoms with van der Waals surface area (Å²) in [6.45, 7) is 4.33. The average molecular weight is 445 g/mol. The molecule has 0 bridgehead atoms. The normalized spacial score (nSPS) is 12.1. The van der Waals surface area contributed by atoms with Gasteiger partial charge in [0.25, 0.3) is 0 Å². The number of benzene rings is 2. The van der Waals surface area contributed by atoms with Crippen molar-refractivity contribution in [3.8, 4) is 11.4 Å². The molecule has 0 fully saturated rings. The van der Waals surface area contributed by atoms with Gasteiger partial charge in [-0.1, -0.05) is 30.3 Å². The van der Waals surface area contributed by atoms with E-state index >= 15 is 0 Å². The average Bonchev–Trinajstić information content (AvgIpc) is 3.49. The summed E-state index contributed by atoms with van der Waals surface area (Å²) in [4.78, 5) is 21.0. The maximum atomic E-state index is 12.5. The van der Waals surface area contributed by atoms with Gasteiger partial charge in [-0.3, -0.25) is 4.79 Å². The van der Waals surface area contributed by atoms with E-state index in [9.17, 15) is 4.79 Å². The molecule has 0 aliphatic heterocycles. The van der Waals surface area contributed by atoms with Crippen LogP contribution in [0.15, 0.2) is 78.7 Å². The topological polar surface area (TPSA) is 69.0 Å². The first-order valence-electron chi connectivity index (χ1n) is 10.3. The summed E-state index contributed by atoms with van der Waals surface area (Å²) in [5.74, 6) is 0.548. The molecule has 32 heavy (non-hydrogen) atoms. The Morgan fingerprint density at radius 2 is 2.03 bits per heavy atom. The second kappa shape index (κ2) is 10.1. The highest BCUT2D eigenvalue weighted by atomic mass is 32.1. The number of ether oxygens (including phenoxy) is 1. The predicted molar refractivity (Wildman–Crippen MR) is 127 cm³/mol. The smallest absolute Gasteiger partial charge is 0.244 e. The van der Waals surface area contributed by atoms with E-state index in [1.54, 1.807) is 29.9 Å². The molecule has 6 nitrogen and oxygen atoms in total. The monoisotopic (exact) mass is 444 g/mol. The molecule has 1 atom stereocenters. The Morgan fingerprint density at radius 3 is 2.75 bits per heavy atom. The molecule has 0 spiro atoms. The number of carbonyl (C=O) groups excluding carboxylic acids is 1. The van der Waals surface area contributed by atoms with E-state index in [-0.39, 0.29) is 11.9 Å². The molecule has 4 rings (SSSR count). The number of aromatic nitrogens is 3. The van der Waals surface area contributed by atoms with Crippen LogP contribution in [0.5, 0.6) is 5.75 Å². The molecule has 7 heteroatoms. The molecule has 2 aromatic carbocycles. The number of nitrogens with zero attached hydrogens (tertiary/aromatic N) is 3. The van der Waals surface area contributed by atoms with Crippen LogP contribution in [0, 0.1) is 6.92 Å². The molecule has 0 aliphatic rings. The maximum absolute atomic E-state index is 12.5. The Labute approximate surface area is 191 Å². The first-order chi connectivity index (χ1) is 15.6. The van der Waals surface area contributed by atoms with Gasteiger partial charge in [-0.25, -0.2) is 9.97 Å². The molecular weight excluding hydrogens is 420 g/mol. The Hall–Kier alpha value is -3.71. The van der Waals surface area contributed by atoms with E-state index in [0.29, 0.717) is 12.4 Å². The fraction of sp³-hybridized carbons (Fsp3) is 0.160. The van der Waals surface area contributed by atoms with Crippen LogP contribution >= 0.6 is 11.3 Å². The zero-order valence-electron chi connectivity index (χ0n) is 17.9. The lowest BCUT2D eigenvalue weighted by molar-refractivity contribution is -0.117. The van der Waals surface area contributed by atoms with Crippen molar-refractivity contribution in [1.29, 1.82) is 0 Å². The molecule has 1 N–H and O–H groups in total. The van der Waals surface area contributed by atoms with Crippen LogP contribution in [0.2, 0.25) is 0 Å². The van der Waals surface area contributed by atoms with Gasteiger partial charge in [0.05, 0.1) is 23.1 Å². The van der Waals surface area contributed by atoms with Gasteiger partial charge in [0.15, 0.2) is 0 Å². The lowest BCUT2D eigenvalue weighted by Gasteiger charge is -2.14. The number of aryl methyl sites for hydroxylation is 1. The summed E-state index contributed by atoms with van der Waals surface area (Å²) >= 11 is 1.60. The minimum Gasteiger partial charge on any atom is -0.487 e. The summed E-state index contributed by atoms with van der Waals surface area (Å²) in [6, 6.07) is 15.5. The van der Waals surface area contributed by atoms with Gasteiger partial charge in [0.1, 0.15) is 12.4 Å². The number of hydrogen-bond donors (Lipinski definition) is 1. The zero-order chi connectivity index (χ0) is 22.3. The quantitative estimate of drug-likeness (QED) is 0.384. The van der Waals surface area contributed by atoms with E-state index in [0.717, 1.165) is 27.5 Å². The minimum atomic E-state index is -0.166. The number of hydrogen-bond acceptors (Lipinski definition) is 5. The van der Waals surface area contributed by atoms with Gasteiger partial charge in [-0.2, -0.15) is 0 Å².